The highest BCUT2D eigenvalue weighted by atomic mass is 15.3. The molecule has 3 aromatic carbocycles. The van der Waals surface area contributed by atoms with Crippen LogP contribution in [0.1, 0.15) is 88.5 Å². The molecule has 0 N–H and O–H groups in total. The molecular formula is C38H42N4. The standard InChI is InChI=1S/C38H42N4/c1-33(2)35(25-13-7-5-8-14-25)29-17-11-19-31(29)37(33,41-39-35)27-21-23-28(24-22-27)38-32-20-12-18-30(32)36(40-42-38,34(38,3)4)26-15-9-6-10-16-26/h5-10,13-16,21-24,29-32H,11-12,17-20H2,1-4H3. The molecule has 4 fully saturated rings. The van der Waals surface area contributed by atoms with Gasteiger partial charge in [0.25, 0.3) is 0 Å². The van der Waals surface area contributed by atoms with Crippen LogP contribution in [-0.2, 0) is 22.2 Å². The summed E-state index contributed by atoms with van der Waals surface area (Å²) in [5, 5.41) is 21.2. The Kier molecular flexibility index (Phi) is 4.75. The van der Waals surface area contributed by atoms with Crippen molar-refractivity contribution in [3.8, 4) is 0 Å². The van der Waals surface area contributed by atoms with E-state index in [2.05, 4.69) is 113 Å². The number of fused-ring (bicyclic) bond motifs is 10. The summed E-state index contributed by atoms with van der Waals surface area (Å²) in [6.45, 7) is 9.81. The highest BCUT2D eigenvalue weighted by molar-refractivity contribution is 5.49. The number of benzene rings is 3. The molecular weight excluding hydrogens is 512 g/mol. The van der Waals surface area contributed by atoms with Gasteiger partial charge >= 0.3 is 0 Å². The minimum absolute atomic E-state index is 0.115. The van der Waals surface area contributed by atoms with Crippen LogP contribution in [0.3, 0.4) is 0 Å². The maximum atomic E-state index is 5.34. The maximum Gasteiger partial charge on any atom is 0.117 e. The van der Waals surface area contributed by atoms with E-state index in [-0.39, 0.29) is 33.0 Å². The Labute approximate surface area is 250 Å². The van der Waals surface area contributed by atoms with Crippen LogP contribution in [0.5, 0.6) is 0 Å². The highest BCUT2D eigenvalue weighted by Crippen LogP contribution is 2.79. The quantitative estimate of drug-likeness (QED) is 0.308. The minimum Gasteiger partial charge on any atom is -0.181 e. The lowest BCUT2D eigenvalue weighted by atomic mass is 9.60. The topological polar surface area (TPSA) is 49.4 Å². The van der Waals surface area contributed by atoms with Gasteiger partial charge in [0, 0.05) is 10.8 Å². The van der Waals surface area contributed by atoms with Crippen molar-refractivity contribution >= 4 is 0 Å². The third-order valence-corrected chi connectivity index (χ3v) is 13.9. The van der Waals surface area contributed by atoms with Crippen molar-refractivity contribution in [3.63, 3.8) is 0 Å². The first kappa shape index (κ1) is 25.4. The molecule has 8 unspecified atom stereocenters. The predicted octanol–water partition coefficient (Wildman–Crippen LogP) is 9.71. The van der Waals surface area contributed by atoms with Crippen LogP contribution in [0.4, 0.5) is 0 Å². The second-order valence-electron chi connectivity index (χ2n) is 15.3. The molecule has 4 nitrogen and oxygen atoms in total. The van der Waals surface area contributed by atoms with E-state index in [1.807, 2.05) is 0 Å². The number of azo groups is 2. The van der Waals surface area contributed by atoms with E-state index in [1.54, 1.807) is 0 Å². The Morgan fingerprint density at radius 1 is 0.405 bits per heavy atom. The molecule has 0 radical (unpaired) electrons. The van der Waals surface area contributed by atoms with Gasteiger partial charge in [-0.15, -0.1) is 0 Å². The zero-order chi connectivity index (χ0) is 28.6. The van der Waals surface area contributed by atoms with Crippen LogP contribution in [0.2, 0.25) is 0 Å². The molecule has 0 amide bonds. The van der Waals surface area contributed by atoms with Crippen LogP contribution >= 0.6 is 0 Å². The van der Waals surface area contributed by atoms with E-state index in [1.165, 1.54) is 60.8 Å². The van der Waals surface area contributed by atoms with E-state index >= 15 is 0 Å². The van der Waals surface area contributed by atoms with Crippen molar-refractivity contribution in [1.82, 2.24) is 0 Å². The fraction of sp³-hybridized carbons (Fsp3) is 0.526. The first-order chi connectivity index (χ1) is 20.3. The molecule has 6 aliphatic rings. The minimum atomic E-state index is -0.299. The molecule has 4 bridgehead atoms. The van der Waals surface area contributed by atoms with Crippen molar-refractivity contribution < 1.29 is 0 Å². The van der Waals surface area contributed by atoms with Crippen molar-refractivity contribution in [3.05, 3.63) is 107 Å². The molecule has 4 heteroatoms. The van der Waals surface area contributed by atoms with Crippen LogP contribution < -0.4 is 0 Å². The van der Waals surface area contributed by atoms with E-state index in [0.29, 0.717) is 23.7 Å². The monoisotopic (exact) mass is 554 g/mol. The largest absolute Gasteiger partial charge is 0.181 e. The molecule has 214 valence electrons. The third kappa shape index (κ3) is 2.39. The lowest BCUT2D eigenvalue weighted by molar-refractivity contribution is 0.138. The zero-order valence-corrected chi connectivity index (χ0v) is 25.4. The summed E-state index contributed by atoms with van der Waals surface area (Å²) in [6, 6.07) is 31.8. The van der Waals surface area contributed by atoms with Gasteiger partial charge in [-0.3, -0.25) is 0 Å². The molecule has 2 heterocycles. The van der Waals surface area contributed by atoms with E-state index in [4.69, 9.17) is 20.5 Å². The molecule has 2 aliphatic heterocycles. The van der Waals surface area contributed by atoms with Crippen molar-refractivity contribution in [2.24, 2.45) is 55.0 Å². The van der Waals surface area contributed by atoms with Crippen LogP contribution in [0.25, 0.3) is 0 Å². The summed E-state index contributed by atoms with van der Waals surface area (Å²) in [7, 11) is 0. The molecule has 42 heavy (non-hydrogen) atoms. The average Bonchev–Trinajstić information content (AvgIpc) is 3.83. The second kappa shape index (κ2) is 7.87. The molecule has 4 saturated carbocycles. The van der Waals surface area contributed by atoms with Gasteiger partial charge in [-0.2, -0.15) is 20.5 Å². The molecule has 0 spiro atoms. The fourth-order valence-corrected chi connectivity index (χ4v) is 12.4. The smallest absolute Gasteiger partial charge is 0.117 e. The first-order valence-corrected chi connectivity index (χ1v) is 16.4. The fourth-order valence-electron chi connectivity index (χ4n) is 12.4. The van der Waals surface area contributed by atoms with Gasteiger partial charge in [0.2, 0.25) is 0 Å². The van der Waals surface area contributed by atoms with Gasteiger partial charge in [0.15, 0.2) is 0 Å². The zero-order valence-electron chi connectivity index (χ0n) is 25.4. The van der Waals surface area contributed by atoms with Crippen LogP contribution in [-0.4, -0.2) is 0 Å². The van der Waals surface area contributed by atoms with Gasteiger partial charge in [0.05, 0.1) is 0 Å². The van der Waals surface area contributed by atoms with Gasteiger partial charge in [-0.1, -0.05) is 125 Å². The van der Waals surface area contributed by atoms with Crippen molar-refractivity contribution in [2.45, 2.75) is 88.4 Å². The van der Waals surface area contributed by atoms with Gasteiger partial charge in [0.1, 0.15) is 22.2 Å². The van der Waals surface area contributed by atoms with Gasteiger partial charge in [-0.25, -0.2) is 0 Å². The van der Waals surface area contributed by atoms with Gasteiger partial charge < -0.3 is 0 Å². The summed E-state index contributed by atoms with van der Waals surface area (Å²) in [4.78, 5) is 0. The third-order valence-electron chi connectivity index (χ3n) is 13.9. The first-order valence-electron chi connectivity index (χ1n) is 16.4. The number of nitrogens with zero attached hydrogens (tertiary/aromatic N) is 4. The van der Waals surface area contributed by atoms with E-state index < -0.39 is 0 Å². The maximum absolute atomic E-state index is 5.34. The number of rotatable bonds is 4. The SMILES string of the molecule is CC1(C)C2(c3ccccc3)N=NC1(c1ccc(C34N=NC(c5ccccc5)(C5CCCC53)C4(C)C)cc1)C1CCCC12. The number of hydrogen-bond acceptors (Lipinski definition) is 4. The summed E-state index contributed by atoms with van der Waals surface area (Å²) in [5.41, 5.74) is 4.02. The summed E-state index contributed by atoms with van der Waals surface area (Å²) in [6.07, 6.45) is 7.49. The summed E-state index contributed by atoms with van der Waals surface area (Å²) < 4.78 is 0. The Balaban J connectivity index is 1.17. The Bertz CT molecular complexity index is 1500. The molecule has 8 atom stereocenters. The van der Waals surface area contributed by atoms with Crippen LogP contribution in [0.15, 0.2) is 105 Å². The Morgan fingerprint density at radius 2 is 0.667 bits per heavy atom. The van der Waals surface area contributed by atoms with Crippen molar-refractivity contribution in [1.29, 1.82) is 0 Å². The summed E-state index contributed by atoms with van der Waals surface area (Å²) in [5.74, 6) is 2.11. The van der Waals surface area contributed by atoms with Crippen LogP contribution in [0, 0.1) is 34.5 Å². The predicted molar refractivity (Wildman–Crippen MR) is 165 cm³/mol. The molecule has 0 aromatic heterocycles. The Hall–Kier alpha value is -3.14. The van der Waals surface area contributed by atoms with Gasteiger partial charge in [-0.05, 0) is 71.6 Å². The van der Waals surface area contributed by atoms with Crippen molar-refractivity contribution in [2.75, 3.05) is 0 Å². The summed E-state index contributed by atoms with van der Waals surface area (Å²) >= 11 is 0. The van der Waals surface area contributed by atoms with E-state index in [0.717, 1.165) is 0 Å². The highest BCUT2D eigenvalue weighted by Gasteiger charge is 2.79. The molecule has 4 aliphatic carbocycles. The number of hydrogen-bond donors (Lipinski definition) is 0. The Morgan fingerprint density at radius 3 is 0.952 bits per heavy atom. The second-order valence-corrected chi connectivity index (χ2v) is 15.3. The molecule has 3 aromatic rings. The normalized spacial score (nSPS) is 42.8. The average molecular weight is 555 g/mol. The lowest BCUT2D eigenvalue weighted by Crippen LogP contribution is -2.45. The molecule has 0 saturated heterocycles. The molecule has 9 rings (SSSR count). The lowest BCUT2D eigenvalue weighted by Gasteiger charge is -2.43. The van der Waals surface area contributed by atoms with E-state index in [9.17, 15) is 0 Å².